The average molecular weight is 257 g/mol. The maximum atomic E-state index is 13.2. The Kier molecular flexibility index (Phi) is 3.64. The van der Waals surface area contributed by atoms with Crippen LogP contribution in [0, 0.1) is 17.7 Å². The van der Waals surface area contributed by atoms with E-state index in [2.05, 4.69) is 10.6 Å². The SMILES string of the molecule is CC1CNCC1C(=O)Nc1ccc(Cl)c(F)c1. The maximum absolute atomic E-state index is 13.2. The monoisotopic (exact) mass is 256 g/mol. The van der Waals surface area contributed by atoms with Gasteiger partial charge in [-0.25, -0.2) is 4.39 Å². The van der Waals surface area contributed by atoms with Gasteiger partial charge in [0.1, 0.15) is 5.82 Å². The summed E-state index contributed by atoms with van der Waals surface area (Å²) in [4.78, 5) is 11.9. The first-order valence-corrected chi connectivity index (χ1v) is 5.92. The second-order valence-corrected chi connectivity index (χ2v) is 4.77. The molecule has 5 heteroatoms. The van der Waals surface area contributed by atoms with Crippen LogP contribution in [0.4, 0.5) is 10.1 Å². The van der Waals surface area contributed by atoms with E-state index < -0.39 is 5.82 Å². The summed E-state index contributed by atoms with van der Waals surface area (Å²) in [6, 6.07) is 4.26. The molecule has 2 N–H and O–H groups in total. The van der Waals surface area contributed by atoms with Gasteiger partial charge < -0.3 is 10.6 Å². The zero-order valence-corrected chi connectivity index (χ0v) is 10.2. The Labute approximate surface area is 104 Å². The molecule has 0 radical (unpaired) electrons. The summed E-state index contributed by atoms with van der Waals surface area (Å²) < 4.78 is 13.2. The number of hydrogen-bond donors (Lipinski definition) is 2. The maximum Gasteiger partial charge on any atom is 0.229 e. The van der Waals surface area contributed by atoms with E-state index in [0.29, 0.717) is 18.2 Å². The molecule has 3 nitrogen and oxygen atoms in total. The molecule has 1 aromatic rings. The molecule has 0 spiro atoms. The quantitative estimate of drug-likeness (QED) is 0.852. The fourth-order valence-corrected chi connectivity index (χ4v) is 2.09. The van der Waals surface area contributed by atoms with Crippen molar-refractivity contribution in [2.75, 3.05) is 18.4 Å². The van der Waals surface area contributed by atoms with Crippen molar-refractivity contribution in [3.05, 3.63) is 29.0 Å². The van der Waals surface area contributed by atoms with Crippen molar-refractivity contribution in [3.8, 4) is 0 Å². The first-order chi connectivity index (χ1) is 8.08. The number of anilines is 1. The number of carbonyl (C=O) groups is 1. The number of rotatable bonds is 2. The number of hydrogen-bond acceptors (Lipinski definition) is 2. The van der Waals surface area contributed by atoms with Crippen molar-refractivity contribution in [3.63, 3.8) is 0 Å². The van der Waals surface area contributed by atoms with E-state index in [0.717, 1.165) is 6.54 Å². The molecule has 92 valence electrons. The second-order valence-electron chi connectivity index (χ2n) is 4.36. The number of benzene rings is 1. The Morgan fingerprint density at radius 3 is 2.88 bits per heavy atom. The van der Waals surface area contributed by atoms with Crippen LogP contribution in [0.15, 0.2) is 18.2 Å². The predicted octanol–water partition coefficient (Wildman–Crippen LogP) is 2.27. The molecule has 1 saturated heterocycles. The number of amides is 1. The Hall–Kier alpha value is -1.13. The van der Waals surface area contributed by atoms with Gasteiger partial charge in [-0.05, 0) is 30.7 Å². The molecular formula is C12H14ClFN2O. The molecule has 1 amide bonds. The van der Waals surface area contributed by atoms with Crippen LogP contribution in [-0.2, 0) is 4.79 Å². The molecule has 1 fully saturated rings. The molecule has 1 aromatic carbocycles. The molecule has 2 rings (SSSR count). The first kappa shape index (κ1) is 12.3. The minimum absolute atomic E-state index is 0.0545. The summed E-state index contributed by atoms with van der Waals surface area (Å²) in [6.07, 6.45) is 0. The summed E-state index contributed by atoms with van der Waals surface area (Å²) in [7, 11) is 0. The molecular weight excluding hydrogens is 243 g/mol. The van der Waals surface area contributed by atoms with E-state index >= 15 is 0 Å². The molecule has 0 bridgehead atoms. The molecule has 1 heterocycles. The largest absolute Gasteiger partial charge is 0.326 e. The van der Waals surface area contributed by atoms with Gasteiger partial charge in [-0.1, -0.05) is 18.5 Å². The topological polar surface area (TPSA) is 41.1 Å². The van der Waals surface area contributed by atoms with Crippen molar-refractivity contribution in [2.45, 2.75) is 6.92 Å². The van der Waals surface area contributed by atoms with Gasteiger partial charge in [0, 0.05) is 12.2 Å². The summed E-state index contributed by atoms with van der Waals surface area (Å²) in [5.41, 5.74) is 0.441. The average Bonchev–Trinajstić information content (AvgIpc) is 2.70. The van der Waals surface area contributed by atoms with Gasteiger partial charge in [0.2, 0.25) is 5.91 Å². The van der Waals surface area contributed by atoms with Crippen molar-refractivity contribution in [1.29, 1.82) is 0 Å². The van der Waals surface area contributed by atoms with E-state index in [4.69, 9.17) is 11.6 Å². The molecule has 0 aromatic heterocycles. The second kappa shape index (κ2) is 5.02. The minimum atomic E-state index is -0.526. The molecule has 2 atom stereocenters. The summed E-state index contributed by atoms with van der Waals surface area (Å²) >= 11 is 5.57. The van der Waals surface area contributed by atoms with E-state index in [1.54, 1.807) is 6.07 Å². The van der Waals surface area contributed by atoms with Crippen molar-refractivity contribution >= 4 is 23.2 Å². The number of halogens is 2. The smallest absolute Gasteiger partial charge is 0.229 e. The van der Waals surface area contributed by atoms with Gasteiger partial charge >= 0.3 is 0 Å². The van der Waals surface area contributed by atoms with Crippen LogP contribution in [0.5, 0.6) is 0 Å². The Balaban J connectivity index is 2.05. The first-order valence-electron chi connectivity index (χ1n) is 5.54. The molecule has 2 unspecified atom stereocenters. The van der Waals surface area contributed by atoms with Crippen molar-refractivity contribution in [2.24, 2.45) is 11.8 Å². The number of nitrogens with one attached hydrogen (secondary N) is 2. The molecule has 0 saturated carbocycles. The third-order valence-corrected chi connectivity index (χ3v) is 3.35. The van der Waals surface area contributed by atoms with Crippen LogP contribution in [-0.4, -0.2) is 19.0 Å². The van der Waals surface area contributed by atoms with Gasteiger partial charge in [-0.3, -0.25) is 4.79 Å². The van der Waals surface area contributed by atoms with E-state index in [9.17, 15) is 9.18 Å². The number of carbonyl (C=O) groups excluding carboxylic acids is 1. The van der Waals surface area contributed by atoms with E-state index in [-0.39, 0.29) is 16.8 Å². The Morgan fingerprint density at radius 2 is 2.29 bits per heavy atom. The fraction of sp³-hybridized carbons (Fsp3) is 0.417. The van der Waals surface area contributed by atoms with Crippen molar-refractivity contribution in [1.82, 2.24) is 5.32 Å². The molecule has 0 aliphatic carbocycles. The highest BCUT2D eigenvalue weighted by molar-refractivity contribution is 6.30. The van der Waals surface area contributed by atoms with Gasteiger partial charge in [-0.15, -0.1) is 0 Å². The van der Waals surface area contributed by atoms with Crippen LogP contribution in [0.1, 0.15) is 6.92 Å². The third-order valence-electron chi connectivity index (χ3n) is 3.04. The van der Waals surface area contributed by atoms with Gasteiger partial charge in [0.15, 0.2) is 0 Å². The lowest BCUT2D eigenvalue weighted by Gasteiger charge is -2.14. The lowest BCUT2D eigenvalue weighted by atomic mass is 9.97. The van der Waals surface area contributed by atoms with Crippen molar-refractivity contribution < 1.29 is 9.18 Å². The molecule has 1 aliphatic rings. The highest BCUT2D eigenvalue weighted by Gasteiger charge is 2.29. The minimum Gasteiger partial charge on any atom is -0.326 e. The van der Waals surface area contributed by atoms with Crippen LogP contribution < -0.4 is 10.6 Å². The highest BCUT2D eigenvalue weighted by atomic mass is 35.5. The zero-order valence-electron chi connectivity index (χ0n) is 9.47. The zero-order chi connectivity index (χ0) is 12.4. The van der Waals surface area contributed by atoms with Crippen LogP contribution in [0.2, 0.25) is 5.02 Å². The Bertz CT molecular complexity index is 439. The summed E-state index contributed by atoms with van der Waals surface area (Å²) in [6.45, 7) is 3.53. The van der Waals surface area contributed by atoms with Gasteiger partial charge in [-0.2, -0.15) is 0 Å². The Morgan fingerprint density at radius 1 is 1.53 bits per heavy atom. The van der Waals surface area contributed by atoms with Crippen LogP contribution in [0.25, 0.3) is 0 Å². The van der Waals surface area contributed by atoms with Gasteiger partial charge in [0.25, 0.3) is 0 Å². The van der Waals surface area contributed by atoms with Gasteiger partial charge in [0.05, 0.1) is 10.9 Å². The highest BCUT2D eigenvalue weighted by Crippen LogP contribution is 2.21. The lowest BCUT2D eigenvalue weighted by Crippen LogP contribution is -2.27. The molecule has 1 aliphatic heterocycles. The normalized spacial score (nSPS) is 23.7. The van der Waals surface area contributed by atoms with E-state index in [1.807, 2.05) is 6.92 Å². The lowest BCUT2D eigenvalue weighted by molar-refractivity contribution is -0.120. The van der Waals surface area contributed by atoms with E-state index in [1.165, 1.54) is 12.1 Å². The van der Waals surface area contributed by atoms with Crippen LogP contribution in [0.3, 0.4) is 0 Å². The predicted molar refractivity (Wildman–Crippen MR) is 65.6 cm³/mol. The molecule has 17 heavy (non-hydrogen) atoms. The fourth-order valence-electron chi connectivity index (χ4n) is 1.97. The van der Waals surface area contributed by atoms with Crippen LogP contribution >= 0.6 is 11.6 Å². The standard InChI is InChI=1S/C12H14ClFN2O/c1-7-5-15-6-9(7)12(17)16-8-2-3-10(13)11(14)4-8/h2-4,7,9,15H,5-6H2,1H3,(H,16,17). The summed E-state index contributed by atoms with van der Waals surface area (Å²) in [5.74, 6) is -0.368. The third kappa shape index (κ3) is 2.76. The summed E-state index contributed by atoms with van der Waals surface area (Å²) in [5, 5.41) is 5.91.